The maximum Gasteiger partial charge on any atom is 0.249 e. The van der Waals surface area contributed by atoms with Crippen molar-refractivity contribution in [3.05, 3.63) is 11.8 Å². The fourth-order valence-corrected chi connectivity index (χ4v) is 3.23. The number of ether oxygens (including phenoxy) is 2. The van der Waals surface area contributed by atoms with Crippen LogP contribution in [0, 0.1) is 0 Å². The number of aromatic nitrogens is 2. The highest BCUT2D eigenvalue weighted by atomic mass is 16.5. The number of hydrogen-bond donors (Lipinski definition) is 0. The van der Waals surface area contributed by atoms with Crippen molar-refractivity contribution in [2.24, 2.45) is 0 Å². The molecule has 1 aliphatic carbocycles. The van der Waals surface area contributed by atoms with E-state index in [0.717, 1.165) is 12.8 Å². The standard InChI is InChI=1S/C17H27N3O4/c1-12(2)16-18-19-17(24-16)14-10-22-9-8-20(14)15(21)11-23-13-6-4-3-5-7-13/h12-14H,3-11H2,1-2H3/t14-/m1/s1. The van der Waals surface area contributed by atoms with E-state index in [0.29, 0.717) is 31.5 Å². The molecular weight excluding hydrogens is 310 g/mol. The molecule has 1 saturated heterocycles. The summed E-state index contributed by atoms with van der Waals surface area (Å²) in [6.45, 7) is 5.54. The van der Waals surface area contributed by atoms with Gasteiger partial charge in [-0.25, -0.2) is 0 Å². The first-order chi connectivity index (χ1) is 11.6. The third-order valence-corrected chi connectivity index (χ3v) is 4.68. The molecule has 2 fully saturated rings. The van der Waals surface area contributed by atoms with Gasteiger partial charge in [-0.3, -0.25) is 4.79 Å². The molecule has 24 heavy (non-hydrogen) atoms. The van der Waals surface area contributed by atoms with Crippen molar-refractivity contribution >= 4 is 5.91 Å². The molecule has 7 heteroatoms. The number of nitrogens with zero attached hydrogens (tertiary/aromatic N) is 3. The van der Waals surface area contributed by atoms with Crippen LogP contribution in [0.25, 0.3) is 0 Å². The number of hydrogen-bond acceptors (Lipinski definition) is 6. The van der Waals surface area contributed by atoms with E-state index in [-0.39, 0.29) is 30.6 Å². The molecule has 1 saturated carbocycles. The van der Waals surface area contributed by atoms with Crippen molar-refractivity contribution in [2.75, 3.05) is 26.4 Å². The Morgan fingerprint density at radius 1 is 1.29 bits per heavy atom. The maximum absolute atomic E-state index is 12.6. The van der Waals surface area contributed by atoms with E-state index >= 15 is 0 Å². The molecule has 2 aliphatic rings. The van der Waals surface area contributed by atoms with Gasteiger partial charge in [0.2, 0.25) is 17.7 Å². The quantitative estimate of drug-likeness (QED) is 0.821. The third kappa shape index (κ3) is 4.13. The lowest BCUT2D eigenvalue weighted by Gasteiger charge is -2.34. The number of rotatable bonds is 5. The van der Waals surface area contributed by atoms with Gasteiger partial charge >= 0.3 is 0 Å². The lowest BCUT2D eigenvalue weighted by molar-refractivity contribution is -0.148. The topological polar surface area (TPSA) is 77.7 Å². The second kappa shape index (κ2) is 8.07. The molecule has 1 aliphatic heterocycles. The van der Waals surface area contributed by atoms with Gasteiger partial charge in [0.05, 0.1) is 19.3 Å². The van der Waals surface area contributed by atoms with Gasteiger partial charge in [-0.15, -0.1) is 10.2 Å². The smallest absolute Gasteiger partial charge is 0.249 e. The lowest BCUT2D eigenvalue weighted by atomic mass is 9.98. The average Bonchev–Trinajstić information content (AvgIpc) is 3.11. The molecule has 0 bridgehead atoms. The van der Waals surface area contributed by atoms with Crippen LogP contribution in [0.3, 0.4) is 0 Å². The minimum Gasteiger partial charge on any atom is -0.423 e. The van der Waals surface area contributed by atoms with Crippen LogP contribution in [0.5, 0.6) is 0 Å². The van der Waals surface area contributed by atoms with E-state index in [1.807, 2.05) is 13.8 Å². The summed E-state index contributed by atoms with van der Waals surface area (Å²) in [5.41, 5.74) is 0. The van der Waals surface area contributed by atoms with Crippen LogP contribution in [0.4, 0.5) is 0 Å². The largest absolute Gasteiger partial charge is 0.423 e. The van der Waals surface area contributed by atoms with Crippen molar-refractivity contribution in [3.8, 4) is 0 Å². The summed E-state index contributed by atoms with van der Waals surface area (Å²) in [5, 5.41) is 8.18. The normalized spacial score (nSPS) is 23.0. The van der Waals surface area contributed by atoms with Gasteiger partial charge in [-0.1, -0.05) is 33.1 Å². The van der Waals surface area contributed by atoms with E-state index in [1.54, 1.807) is 4.90 Å². The first kappa shape index (κ1) is 17.4. The van der Waals surface area contributed by atoms with E-state index in [4.69, 9.17) is 13.9 Å². The third-order valence-electron chi connectivity index (χ3n) is 4.68. The van der Waals surface area contributed by atoms with E-state index < -0.39 is 0 Å². The lowest BCUT2D eigenvalue weighted by Crippen LogP contribution is -2.45. The number of morpholine rings is 1. The number of amides is 1. The molecule has 0 unspecified atom stereocenters. The van der Waals surface area contributed by atoms with Gasteiger partial charge in [0, 0.05) is 12.5 Å². The predicted molar refractivity (Wildman–Crippen MR) is 86.5 cm³/mol. The number of carbonyl (C=O) groups is 1. The molecule has 2 heterocycles. The highest BCUT2D eigenvalue weighted by molar-refractivity contribution is 5.78. The summed E-state index contributed by atoms with van der Waals surface area (Å²) in [6, 6.07) is -0.318. The van der Waals surface area contributed by atoms with Crippen molar-refractivity contribution in [1.29, 1.82) is 0 Å². The van der Waals surface area contributed by atoms with Crippen LogP contribution in [0.1, 0.15) is 69.7 Å². The molecular formula is C17H27N3O4. The van der Waals surface area contributed by atoms with Crippen LogP contribution >= 0.6 is 0 Å². The molecule has 134 valence electrons. The monoisotopic (exact) mass is 337 g/mol. The van der Waals surface area contributed by atoms with Gasteiger partial charge in [-0.05, 0) is 12.8 Å². The molecule has 1 aromatic heterocycles. The summed E-state index contributed by atoms with van der Waals surface area (Å²) in [4.78, 5) is 14.4. The summed E-state index contributed by atoms with van der Waals surface area (Å²) in [6.07, 6.45) is 5.99. The van der Waals surface area contributed by atoms with Crippen LogP contribution in [0.15, 0.2) is 4.42 Å². The Hall–Kier alpha value is -1.47. The Morgan fingerprint density at radius 3 is 2.79 bits per heavy atom. The maximum atomic E-state index is 12.6. The SMILES string of the molecule is CC(C)c1nnc([C@H]2COCCN2C(=O)COC2CCCCC2)o1. The summed E-state index contributed by atoms with van der Waals surface area (Å²) < 4.78 is 17.1. The molecule has 0 spiro atoms. The first-order valence-corrected chi connectivity index (χ1v) is 8.97. The Balaban J connectivity index is 1.61. The van der Waals surface area contributed by atoms with Crippen molar-refractivity contribution < 1.29 is 18.7 Å². The molecule has 0 radical (unpaired) electrons. The van der Waals surface area contributed by atoms with Gasteiger partial charge < -0.3 is 18.8 Å². The minimum absolute atomic E-state index is 0.0295. The molecule has 0 aromatic carbocycles. The van der Waals surface area contributed by atoms with Gasteiger partial charge in [0.15, 0.2) is 0 Å². The Kier molecular flexibility index (Phi) is 5.84. The summed E-state index contributed by atoms with van der Waals surface area (Å²) in [7, 11) is 0. The second-order valence-corrected chi connectivity index (χ2v) is 6.88. The van der Waals surface area contributed by atoms with Gasteiger partial charge in [0.25, 0.3) is 0 Å². The zero-order valence-electron chi connectivity index (χ0n) is 14.6. The van der Waals surface area contributed by atoms with E-state index in [2.05, 4.69) is 10.2 Å². The molecule has 1 aromatic rings. The van der Waals surface area contributed by atoms with Crippen LogP contribution < -0.4 is 0 Å². The zero-order chi connectivity index (χ0) is 16.9. The van der Waals surface area contributed by atoms with Crippen LogP contribution in [-0.2, 0) is 14.3 Å². The van der Waals surface area contributed by atoms with Crippen LogP contribution in [-0.4, -0.2) is 53.5 Å². The minimum atomic E-state index is -0.318. The highest BCUT2D eigenvalue weighted by Gasteiger charge is 2.33. The zero-order valence-corrected chi connectivity index (χ0v) is 14.6. The van der Waals surface area contributed by atoms with Crippen molar-refractivity contribution in [3.63, 3.8) is 0 Å². The Labute approximate surface area is 142 Å². The van der Waals surface area contributed by atoms with Crippen molar-refractivity contribution in [2.45, 2.75) is 64.0 Å². The predicted octanol–water partition coefficient (Wildman–Crippen LogP) is 2.44. The molecule has 3 rings (SSSR count). The Morgan fingerprint density at radius 2 is 2.08 bits per heavy atom. The van der Waals surface area contributed by atoms with E-state index in [9.17, 15) is 4.79 Å². The van der Waals surface area contributed by atoms with Gasteiger partial charge in [-0.2, -0.15) is 0 Å². The summed E-state index contributed by atoms with van der Waals surface area (Å²) in [5.74, 6) is 1.17. The van der Waals surface area contributed by atoms with Gasteiger partial charge in [0.1, 0.15) is 12.6 Å². The number of carbonyl (C=O) groups excluding carboxylic acids is 1. The second-order valence-electron chi connectivity index (χ2n) is 6.88. The average molecular weight is 337 g/mol. The molecule has 7 nitrogen and oxygen atoms in total. The summed E-state index contributed by atoms with van der Waals surface area (Å²) >= 11 is 0. The Bertz CT molecular complexity index is 540. The first-order valence-electron chi connectivity index (χ1n) is 8.97. The highest BCUT2D eigenvalue weighted by Crippen LogP contribution is 2.26. The van der Waals surface area contributed by atoms with Crippen molar-refractivity contribution in [1.82, 2.24) is 15.1 Å². The molecule has 1 amide bonds. The molecule has 0 N–H and O–H groups in total. The molecule has 1 atom stereocenters. The fourth-order valence-electron chi connectivity index (χ4n) is 3.23. The fraction of sp³-hybridized carbons (Fsp3) is 0.824. The van der Waals surface area contributed by atoms with Crippen LogP contribution in [0.2, 0.25) is 0 Å². The van der Waals surface area contributed by atoms with E-state index in [1.165, 1.54) is 19.3 Å².